The molecule has 2 aromatic rings. The molecule has 2 N–H and O–H groups in total. The second-order valence-electron chi connectivity index (χ2n) is 6.30. The highest BCUT2D eigenvalue weighted by Gasteiger charge is 2.18. The van der Waals surface area contributed by atoms with Gasteiger partial charge < -0.3 is 10.6 Å². The van der Waals surface area contributed by atoms with Crippen LogP contribution in [0.2, 0.25) is 0 Å². The summed E-state index contributed by atoms with van der Waals surface area (Å²) in [5.41, 5.74) is 1.11. The molecule has 1 aromatic carbocycles. The van der Waals surface area contributed by atoms with Gasteiger partial charge in [-0.25, -0.2) is 4.98 Å². The number of aromatic nitrogens is 1. The first-order valence-electron chi connectivity index (χ1n) is 8.43. The van der Waals surface area contributed by atoms with Crippen molar-refractivity contribution in [3.05, 3.63) is 52.6 Å². The Hall–Kier alpha value is -2.21. The molecule has 1 heterocycles. The molecule has 2 amide bonds. The fourth-order valence-corrected chi connectivity index (χ4v) is 3.30. The van der Waals surface area contributed by atoms with Crippen molar-refractivity contribution < 1.29 is 9.59 Å². The van der Waals surface area contributed by atoms with Crippen LogP contribution < -0.4 is 10.6 Å². The molecule has 0 aliphatic heterocycles. The number of nitrogens with one attached hydrogen (secondary N) is 2. The third kappa shape index (κ3) is 5.13. The second-order valence-corrected chi connectivity index (χ2v) is 7.22. The maximum absolute atomic E-state index is 12.3. The van der Waals surface area contributed by atoms with Crippen molar-refractivity contribution >= 4 is 39.2 Å². The van der Waals surface area contributed by atoms with Crippen LogP contribution in [0.15, 0.2) is 47.1 Å². The molecular formula is C19H20BrN3O2. The van der Waals surface area contributed by atoms with Crippen LogP contribution in [0.1, 0.15) is 42.5 Å². The molecule has 6 heteroatoms. The Morgan fingerprint density at radius 1 is 1.12 bits per heavy atom. The molecule has 1 saturated carbocycles. The van der Waals surface area contributed by atoms with Gasteiger partial charge in [-0.1, -0.05) is 18.9 Å². The zero-order chi connectivity index (χ0) is 17.6. The Bertz CT molecular complexity index is 756. The molecule has 1 aliphatic carbocycles. The SMILES string of the molecule is O=C(CC1CCCC1)Nc1cccc(C(=O)Nc2ccc(Br)cn2)c1. The van der Waals surface area contributed by atoms with Crippen molar-refractivity contribution in [2.24, 2.45) is 5.92 Å². The predicted octanol–water partition coefficient (Wildman–Crippen LogP) is 4.62. The van der Waals surface area contributed by atoms with E-state index in [0.29, 0.717) is 29.4 Å². The van der Waals surface area contributed by atoms with Crippen molar-refractivity contribution in [2.75, 3.05) is 10.6 Å². The first kappa shape index (κ1) is 17.6. The van der Waals surface area contributed by atoms with E-state index >= 15 is 0 Å². The highest BCUT2D eigenvalue weighted by molar-refractivity contribution is 9.10. The summed E-state index contributed by atoms with van der Waals surface area (Å²) in [5.74, 6) is 0.722. The van der Waals surface area contributed by atoms with Gasteiger partial charge in [-0.2, -0.15) is 0 Å². The first-order valence-corrected chi connectivity index (χ1v) is 9.22. The summed E-state index contributed by atoms with van der Waals surface area (Å²) in [7, 11) is 0. The summed E-state index contributed by atoms with van der Waals surface area (Å²) in [6, 6.07) is 10.5. The van der Waals surface area contributed by atoms with Gasteiger partial charge in [0, 0.05) is 28.3 Å². The fourth-order valence-electron chi connectivity index (χ4n) is 3.07. The van der Waals surface area contributed by atoms with Crippen molar-refractivity contribution in [3.63, 3.8) is 0 Å². The Balaban J connectivity index is 1.60. The number of rotatable bonds is 5. The Labute approximate surface area is 155 Å². The van der Waals surface area contributed by atoms with Gasteiger partial charge >= 0.3 is 0 Å². The number of carbonyl (C=O) groups is 2. The molecule has 3 rings (SSSR count). The number of halogens is 1. The largest absolute Gasteiger partial charge is 0.326 e. The van der Waals surface area contributed by atoms with Crippen LogP contribution in [-0.4, -0.2) is 16.8 Å². The van der Waals surface area contributed by atoms with Gasteiger partial charge in [0.25, 0.3) is 5.91 Å². The average Bonchev–Trinajstić information content (AvgIpc) is 3.10. The number of hydrogen-bond donors (Lipinski definition) is 2. The van der Waals surface area contributed by atoms with Crippen LogP contribution >= 0.6 is 15.9 Å². The lowest BCUT2D eigenvalue weighted by Gasteiger charge is -2.11. The van der Waals surface area contributed by atoms with Gasteiger partial charge in [0.1, 0.15) is 5.82 Å². The van der Waals surface area contributed by atoms with Gasteiger partial charge in [-0.3, -0.25) is 9.59 Å². The molecule has 1 fully saturated rings. The van der Waals surface area contributed by atoms with E-state index in [4.69, 9.17) is 0 Å². The monoisotopic (exact) mass is 401 g/mol. The Morgan fingerprint density at radius 3 is 2.64 bits per heavy atom. The molecule has 0 bridgehead atoms. The summed E-state index contributed by atoms with van der Waals surface area (Å²) in [6.45, 7) is 0. The third-order valence-corrected chi connectivity index (χ3v) is 4.80. The molecule has 0 unspecified atom stereocenters. The summed E-state index contributed by atoms with van der Waals surface area (Å²) in [6.07, 6.45) is 6.88. The fraction of sp³-hybridized carbons (Fsp3) is 0.316. The highest BCUT2D eigenvalue weighted by atomic mass is 79.9. The number of carbonyl (C=O) groups excluding carboxylic acids is 2. The number of pyridine rings is 1. The molecule has 25 heavy (non-hydrogen) atoms. The Kier molecular flexibility index (Phi) is 5.81. The van der Waals surface area contributed by atoms with Crippen molar-refractivity contribution in [1.82, 2.24) is 4.98 Å². The minimum Gasteiger partial charge on any atom is -0.326 e. The zero-order valence-corrected chi connectivity index (χ0v) is 15.4. The number of anilines is 2. The number of amides is 2. The van der Waals surface area contributed by atoms with E-state index in [9.17, 15) is 9.59 Å². The van der Waals surface area contributed by atoms with Crippen LogP contribution in [0.25, 0.3) is 0 Å². The molecule has 0 radical (unpaired) electrons. The standard InChI is InChI=1S/C19H20BrN3O2/c20-15-8-9-17(21-12-15)23-19(25)14-6-3-7-16(11-14)22-18(24)10-13-4-1-2-5-13/h3,6-9,11-13H,1-2,4-5,10H2,(H,22,24)(H,21,23,25). The number of nitrogens with zero attached hydrogens (tertiary/aromatic N) is 1. The quantitative estimate of drug-likeness (QED) is 0.767. The van der Waals surface area contributed by atoms with E-state index in [1.807, 2.05) is 6.07 Å². The molecule has 1 aliphatic rings. The van der Waals surface area contributed by atoms with E-state index in [1.165, 1.54) is 12.8 Å². The van der Waals surface area contributed by atoms with E-state index in [0.717, 1.165) is 17.3 Å². The summed E-state index contributed by atoms with van der Waals surface area (Å²) >= 11 is 3.30. The Morgan fingerprint density at radius 2 is 1.92 bits per heavy atom. The average molecular weight is 402 g/mol. The summed E-state index contributed by atoms with van der Waals surface area (Å²) in [5, 5.41) is 5.64. The minimum absolute atomic E-state index is 0.0130. The van der Waals surface area contributed by atoms with Crippen molar-refractivity contribution in [1.29, 1.82) is 0 Å². The molecule has 1 aromatic heterocycles. The molecule has 0 spiro atoms. The van der Waals surface area contributed by atoms with Crippen molar-refractivity contribution in [3.8, 4) is 0 Å². The second kappa shape index (κ2) is 8.25. The minimum atomic E-state index is -0.262. The number of benzene rings is 1. The van der Waals surface area contributed by atoms with Gasteiger partial charge in [0.2, 0.25) is 5.91 Å². The lowest BCUT2D eigenvalue weighted by Crippen LogP contribution is -2.16. The zero-order valence-electron chi connectivity index (χ0n) is 13.8. The first-order chi connectivity index (χ1) is 12.1. The van der Waals surface area contributed by atoms with Gasteiger partial charge in [0.15, 0.2) is 0 Å². The molecular weight excluding hydrogens is 382 g/mol. The molecule has 0 atom stereocenters. The van der Waals surface area contributed by atoms with E-state index in [-0.39, 0.29) is 11.8 Å². The van der Waals surface area contributed by atoms with Gasteiger partial charge in [-0.15, -0.1) is 0 Å². The molecule has 5 nitrogen and oxygen atoms in total. The smallest absolute Gasteiger partial charge is 0.256 e. The molecule has 0 saturated heterocycles. The normalized spacial score (nSPS) is 14.3. The van der Waals surface area contributed by atoms with E-state index in [2.05, 4.69) is 31.5 Å². The van der Waals surface area contributed by atoms with Crippen LogP contribution in [0.5, 0.6) is 0 Å². The van der Waals surface area contributed by atoms with E-state index < -0.39 is 0 Å². The highest BCUT2D eigenvalue weighted by Crippen LogP contribution is 2.27. The van der Waals surface area contributed by atoms with E-state index in [1.54, 1.807) is 36.5 Å². The van der Waals surface area contributed by atoms with Crippen LogP contribution in [0.4, 0.5) is 11.5 Å². The van der Waals surface area contributed by atoms with Gasteiger partial charge in [-0.05, 0) is 65.0 Å². The third-order valence-electron chi connectivity index (χ3n) is 4.33. The number of hydrogen-bond acceptors (Lipinski definition) is 3. The predicted molar refractivity (Wildman–Crippen MR) is 102 cm³/mol. The van der Waals surface area contributed by atoms with Crippen LogP contribution in [0, 0.1) is 5.92 Å². The summed E-state index contributed by atoms with van der Waals surface area (Å²) < 4.78 is 0.845. The topological polar surface area (TPSA) is 71.1 Å². The maximum atomic E-state index is 12.3. The lowest BCUT2D eigenvalue weighted by atomic mass is 10.0. The lowest BCUT2D eigenvalue weighted by molar-refractivity contribution is -0.117. The van der Waals surface area contributed by atoms with Crippen LogP contribution in [-0.2, 0) is 4.79 Å². The van der Waals surface area contributed by atoms with Crippen molar-refractivity contribution in [2.45, 2.75) is 32.1 Å². The van der Waals surface area contributed by atoms with Crippen LogP contribution in [0.3, 0.4) is 0 Å². The molecule has 130 valence electrons. The van der Waals surface area contributed by atoms with Gasteiger partial charge in [0.05, 0.1) is 0 Å². The maximum Gasteiger partial charge on any atom is 0.256 e. The summed E-state index contributed by atoms with van der Waals surface area (Å²) in [4.78, 5) is 28.6.